The Morgan fingerprint density at radius 1 is 1.08 bits per heavy atom. The average molecular weight is 345 g/mol. The summed E-state index contributed by atoms with van der Waals surface area (Å²) in [4.78, 5) is 28.5. The van der Waals surface area contributed by atoms with Crippen molar-refractivity contribution in [3.05, 3.63) is 11.3 Å². The van der Waals surface area contributed by atoms with E-state index in [0.29, 0.717) is 5.91 Å². The minimum absolute atomic E-state index is 0.282. The van der Waals surface area contributed by atoms with Gasteiger partial charge < -0.3 is 19.4 Å². The molecule has 1 saturated carbocycles. The Labute approximate surface area is 149 Å². The van der Waals surface area contributed by atoms with Crippen LogP contribution >= 0.6 is 0 Å². The fraction of sp³-hybridized carbons (Fsp3) is 0.722. The molecule has 2 aliphatic heterocycles. The number of amides is 1. The van der Waals surface area contributed by atoms with Crippen LogP contribution in [-0.2, 0) is 22.4 Å². The van der Waals surface area contributed by atoms with E-state index < -0.39 is 0 Å². The highest BCUT2D eigenvalue weighted by Crippen LogP contribution is 2.32. The molecule has 3 heterocycles. The number of morpholine rings is 1. The van der Waals surface area contributed by atoms with Gasteiger partial charge in [0, 0.05) is 58.2 Å². The number of carbonyl (C=O) groups excluding carboxylic acids is 1. The van der Waals surface area contributed by atoms with Crippen molar-refractivity contribution in [2.75, 3.05) is 63.3 Å². The molecule has 2 fully saturated rings. The van der Waals surface area contributed by atoms with Crippen LogP contribution in [0.1, 0.15) is 24.1 Å². The van der Waals surface area contributed by atoms with Gasteiger partial charge in [-0.3, -0.25) is 4.79 Å². The van der Waals surface area contributed by atoms with Crippen LogP contribution in [0, 0.1) is 5.92 Å². The van der Waals surface area contributed by atoms with Crippen LogP contribution in [0.25, 0.3) is 0 Å². The Morgan fingerprint density at radius 2 is 1.80 bits per heavy atom. The predicted molar refractivity (Wildman–Crippen MR) is 96.1 cm³/mol. The van der Waals surface area contributed by atoms with Crippen molar-refractivity contribution in [1.82, 2.24) is 14.9 Å². The summed E-state index contributed by atoms with van der Waals surface area (Å²) in [6, 6.07) is 0. The highest BCUT2D eigenvalue weighted by molar-refractivity contribution is 5.81. The van der Waals surface area contributed by atoms with Gasteiger partial charge in [0.1, 0.15) is 5.82 Å². The SMILES string of the molecule is CN(C)c1nc(N2CCOCC2)nc2c1CCN(C(=O)C1CC1)CC2. The van der Waals surface area contributed by atoms with Gasteiger partial charge in [0.05, 0.1) is 18.9 Å². The quantitative estimate of drug-likeness (QED) is 0.804. The van der Waals surface area contributed by atoms with Gasteiger partial charge in [0.2, 0.25) is 11.9 Å². The molecule has 1 saturated heterocycles. The minimum atomic E-state index is 0.282. The van der Waals surface area contributed by atoms with Crippen LogP contribution in [0.15, 0.2) is 0 Å². The molecule has 0 radical (unpaired) electrons. The van der Waals surface area contributed by atoms with Crippen molar-refractivity contribution in [2.24, 2.45) is 5.92 Å². The van der Waals surface area contributed by atoms with Crippen LogP contribution in [0.5, 0.6) is 0 Å². The van der Waals surface area contributed by atoms with Crippen molar-refractivity contribution < 1.29 is 9.53 Å². The lowest BCUT2D eigenvalue weighted by atomic mass is 10.1. The maximum atomic E-state index is 12.5. The average Bonchev–Trinajstić information content (AvgIpc) is 3.47. The number of hydrogen-bond donors (Lipinski definition) is 0. The van der Waals surface area contributed by atoms with Crippen LogP contribution < -0.4 is 9.80 Å². The van der Waals surface area contributed by atoms with Gasteiger partial charge in [0.15, 0.2) is 0 Å². The summed E-state index contributed by atoms with van der Waals surface area (Å²) in [5.74, 6) is 2.41. The van der Waals surface area contributed by atoms with Gasteiger partial charge in [-0.1, -0.05) is 0 Å². The molecule has 7 heteroatoms. The van der Waals surface area contributed by atoms with Crippen LogP contribution in [0.3, 0.4) is 0 Å². The van der Waals surface area contributed by atoms with Crippen LogP contribution in [0.2, 0.25) is 0 Å². The number of carbonyl (C=O) groups is 1. The number of hydrogen-bond acceptors (Lipinski definition) is 6. The molecule has 0 aromatic carbocycles. The van der Waals surface area contributed by atoms with E-state index in [0.717, 1.165) is 82.5 Å². The van der Waals surface area contributed by atoms with E-state index in [9.17, 15) is 4.79 Å². The summed E-state index contributed by atoms with van der Waals surface area (Å²) in [5.41, 5.74) is 2.30. The second-order valence-corrected chi connectivity index (χ2v) is 7.37. The summed E-state index contributed by atoms with van der Waals surface area (Å²) in [7, 11) is 4.06. The first-order chi connectivity index (χ1) is 12.1. The highest BCUT2D eigenvalue weighted by Gasteiger charge is 2.34. The van der Waals surface area contributed by atoms with E-state index in [1.54, 1.807) is 0 Å². The number of anilines is 2. The largest absolute Gasteiger partial charge is 0.378 e. The number of rotatable bonds is 3. The second kappa shape index (κ2) is 6.78. The zero-order chi connectivity index (χ0) is 17.4. The summed E-state index contributed by atoms with van der Waals surface area (Å²) in [6.45, 7) is 4.66. The highest BCUT2D eigenvalue weighted by atomic mass is 16.5. The summed E-state index contributed by atoms with van der Waals surface area (Å²) < 4.78 is 5.45. The van der Waals surface area contributed by atoms with E-state index in [2.05, 4.69) is 9.80 Å². The third kappa shape index (κ3) is 3.42. The molecule has 4 rings (SSSR count). The molecule has 25 heavy (non-hydrogen) atoms. The zero-order valence-corrected chi connectivity index (χ0v) is 15.2. The molecule has 7 nitrogen and oxygen atoms in total. The zero-order valence-electron chi connectivity index (χ0n) is 15.2. The van der Waals surface area contributed by atoms with Gasteiger partial charge in [-0.25, -0.2) is 4.98 Å². The molecule has 136 valence electrons. The molecule has 0 spiro atoms. The molecule has 3 aliphatic rings. The van der Waals surface area contributed by atoms with E-state index >= 15 is 0 Å². The molecule has 0 atom stereocenters. The van der Waals surface area contributed by atoms with Gasteiger partial charge >= 0.3 is 0 Å². The van der Waals surface area contributed by atoms with E-state index in [-0.39, 0.29) is 5.92 Å². The maximum Gasteiger partial charge on any atom is 0.227 e. The molecular formula is C18H27N5O2. The Bertz CT molecular complexity index is 653. The molecular weight excluding hydrogens is 318 g/mol. The molecule has 1 aliphatic carbocycles. The molecule has 1 amide bonds. The lowest BCUT2D eigenvalue weighted by molar-refractivity contribution is -0.132. The van der Waals surface area contributed by atoms with Gasteiger partial charge in [-0.15, -0.1) is 0 Å². The number of aromatic nitrogens is 2. The summed E-state index contributed by atoms with van der Waals surface area (Å²) in [5, 5.41) is 0. The topological polar surface area (TPSA) is 61.8 Å². The molecule has 1 aromatic heterocycles. The second-order valence-electron chi connectivity index (χ2n) is 7.37. The predicted octanol–water partition coefficient (Wildman–Crippen LogP) is 0.716. The van der Waals surface area contributed by atoms with Crippen molar-refractivity contribution in [3.8, 4) is 0 Å². The number of fused-ring (bicyclic) bond motifs is 1. The third-order valence-electron chi connectivity index (χ3n) is 5.27. The van der Waals surface area contributed by atoms with Crippen LogP contribution in [0.4, 0.5) is 11.8 Å². The number of nitrogens with zero attached hydrogens (tertiary/aromatic N) is 5. The first kappa shape index (κ1) is 16.6. The number of ether oxygens (including phenoxy) is 1. The van der Waals surface area contributed by atoms with Crippen molar-refractivity contribution in [2.45, 2.75) is 25.7 Å². The van der Waals surface area contributed by atoms with Gasteiger partial charge in [-0.05, 0) is 19.3 Å². The van der Waals surface area contributed by atoms with Gasteiger partial charge in [0.25, 0.3) is 0 Å². The summed E-state index contributed by atoms with van der Waals surface area (Å²) in [6.07, 6.45) is 3.78. The third-order valence-corrected chi connectivity index (χ3v) is 5.27. The maximum absolute atomic E-state index is 12.5. The fourth-order valence-electron chi connectivity index (χ4n) is 3.65. The monoisotopic (exact) mass is 345 g/mol. The van der Waals surface area contributed by atoms with Crippen molar-refractivity contribution in [1.29, 1.82) is 0 Å². The lowest BCUT2D eigenvalue weighted by Gasteiger charge is -2.28. The Balaban J connectivity index is 1.61. The first-order valence-corrected chi connectivity index (χ1v) is 9.32. The van der Waals surface area contributed by atoms with E-state index in [1.165, 1.54) is 5.56 Å². The molecule has 0 unspecified atom stereocenters. The van der Waals surface area contributed by atoms with Gasteiger partial charge in [-0.2, -0.15) is 4.98 Å². The Hall–Kier alpha value is -1.89. The minimum Gasteiger partial charge on any atom is -0.378 e. The lowest BCUT2D eigenvalue weighted by Crippen LogP contribution is -2.38. The van der Waals surface area contributed by atoms with Crippen LogP contribution in [-0.4, -0.2) is 74.3 Å². The molecule has 0 bridgehead atoms. The fourth-order valence-corrected chi connectivity index (χ4v) is 3.65. The van der Waals surface area contributed by atoms with Crippen molar-refractivity contribution in [3.63, 3.8) is 0 Å². The summed E-state index contributed by atoms with van der Waals surface area (Å²) >= 11 is 0. The standard InChI is InChI=1S/C18H27N5O2/c1-21(2)16-14-5-7-22(17(24)13-3-4-13)8-6-15(14)19-18(20-16)23-9-11-25-12-10-23/h13H,3-12H2,1-2H3. The Morgan fingerprint density at radius 3 is 2.48 bits per heavy atom. The van der Waals surface area contributed by atoms with Crippen molar-refractivity contribution >= 4 is 17.7 Å². The van der Waals surface area contributed by atoms with E-state index in [1.807, 2.05) is 19.0 Å². The first-order valence-electron chi connectivity index (χ1n) is 9.32. The smallest absolute Gasteiger partial charge is 0.227 e. The molecule has 0 N–H and O–H groups in total. The molecule has 1 aromatic rings. The van der Waals surface area contributed by atoms with E-state index in [4.69, 9.17) is 14.7 Å². The normalized spacial score (nSPS) is 20.9. The Kier molecular flexibility index (Phi) is 4.50.